The Bertz CT molecular complexity index is 771. The van der Waals surface area contributed by atoms with Crippen LogP contribution in [-0.4, -0.2) is 4.98 Å². The summed E-state index contributed by atoms with van der Waals surface area (Å²) in [5.41, 5.74) is 1.65. The molecule has 3 aromatic rings. The van der Waals surface area contributed by atoms with Crippen molar-refractivity contribution in [3.8, 4) is 0 Å². The lowest BCUT2D eigenvalue weighted by Crippen LogP contribution is -2.05. The number of anilines is 3. The van der Waals surface area contributed by atoms with Crippen LogP contribution in [0.5, 0.6) is 0 Å². The van der Waals surface area contributed by atoms with Gasteiger partial charge in [-0.2, -0.15) is 0 Å². The van der Waals surface area contributed by atoms with E-state index in [1.54, 1.807) is 18.3 Å². The van der Waals surface area contributed by atoms with E-state index < -0.39 is 11.6 Å². The number of hydrogen-bond donors (Lipinski definition) is 2. The Hall–Kier alpha value is -2.95. The minimum atomic E-state index is -0.561. The second-order valence-electron chi connectivity index (χ2n) is 4.97. The molecule has 0 bridgehead atoms. The standard InChI is InChI=1S/C18H15F2N3/c19-16-7-4-8-17(20)15(16)12-22-14-9-10-21-18(11-14)23-13-5-2-1-3-6-13/h1-11H,12H2,(H2,21,22,23). The number of rotatable bonds is 5. The van der Waals surface area contributed by atoms with E-state index >= 15 is 0 Å². The summed E-state index contributed by atoms with van der Waals surface area (Å²) >= 11 is 0. The van der Waals surface area contributed by atoms with E-state index in [-0.39, 0.29) is 12.1 Å². The van der Waals surface area contributed by atoms with Gasteiger partial charge in [0.05, 0.1) is 0 Å². The Kier molecular flexibility index (Phi) is 4.47. The molecule has 0 aliphatic rings. The molecule has 0 saturated carbocycles. The number of nitrogens with one attached hydrogen (secondary N) is 2. The van der Waals surface area contributed by atoms with Crippen molar-refractivity contribution >= 4 is 17.2 Å². The maximum atomic E-state index is 13.6. The van der Waals surface area contributed by atoms with Crippen molar-refractivity contribution in [2.75, 3.05) is 10.6 Å². The molecule has 0 fully saturated rings. The smallest absolute Gasteiger partial charge is 0.132 e. The summed E-state index contributed by atoms with van der Waals surface area (Å²) < 4.78 is 27.2. The molecule has 116 valence electrons. The van der Waals surface area contributed by atoms with Gasteiger partial charge in [0, 0.05) is 35.7 Å². The van der Waals surface area contributed by atoms with Crippen molar-refractivity contribution in [1.29, 1.82) is 0 Å². The summed E-state index contributed by atoms with van der Waals surface area (Å²) in [6.07, 6.45) is 1.63. The first kappa shape index (κ1) is 15.0. The van der Waals surface area contributed by atoms with Gasteiger partial charge in [0.1, 0.15) is 17.5 Å². The first-order valence-corrected chi connectivity index (χ1v) is 7.17. The van der Waals surface area contributed by atoms with Gasteiger partial charge in [-0.15, -0.1) is 0 Å². The number of hydrogen-bond acceptors (Lipinski definition) is 3. The highest BCUT2D eigenvalue weighted by Crippen LogP contribution is 2.19. The maximum absolute atomic E-state index is 13.6. The van der Waals surface area contributed by atoms with Gasteiger partial charge >= 0.3 is 0 Å². The van der Waals surface area contributed by atoms with Gasteiger partial charge in [0.25, 0.3) is 0 Å². The lowest BCUT2D eigenvalue weighted by molar-refractivity contribution is 0.560. The van der Waals surface area contributed by atoms with Crippen LogP contribution in [0.3, 0.4) is 0 Å². The van der Waals surface area contributed by atoms with Crippen molar-refractivity contribution in [3.63, 3.8) is 0 Å². The monoisotopic (exact) mass is 311 g/mol. The van der Waals surface area contributed by atoms with Crippen LogP contribution >= 0.6 is 0 Å². The summed E-state index contributed by atoms with van der Waals surface area (Å²) in [5, 5.41) is 6.17. The summed E-state index contributed by atoms with van der Waals surface area (Å²) in [7, 11) is 0. The highest BCUT2D eigenvalue weighted by atomic mass is 19.1. The van der Waals surface area contributed by atoms with Crippen molar-refractivity contribution in [2.45, 2.75) is 6.54 Å². The van der Waals surface area contributed by atoms with Crippen LogP contribution in [0, 0.1) is 11.6 Å². The number of pyridine rings is 1. The fourth-order valence-electron chi connectivity index (χ4n) is 2.17. The zero-order valence-corrected chi connectivity index (χ0v) is 12.3. The number of benzene rings is 2. The summed E-state index contributed by atoms with van der Waals surface area (Å²) in [5.74, 6) is -0.474. The molecule has 2 aromatic carbocycles. The van der Waals surface area contributed by atoms with Gasteiger partial charge in [-0.05, 0) is 30.3 Å². The Balaban J connectivity index is 1.71. The molecule has 0 spiro atoms. The lowest BCUT2D eigenvalue weighted by atomic mass is 10.2. The molecule has 1 aromatic heterocycles. The van der Waals surface area contributed by atoms with Gasteiger partial charge in [-0.3, -0.25) is 0 Å². The minimum Gasteiger partial charge on any atom is -0.381 e. The van der Waals surface area contributed by atoms with Gasteiger partial charge in [-0.1, -0.05) is 24.3 Å². The molecule has 3 nitrogen and oxygen atoms in total. The van der Waals surface area contributed by atoms with Crippen molar-refractivity contribution in [1.82, 2.24) is 4.98 Å². The Morgan fingerprint density at radius 2 is 1.57 bits per heavy atom. The zero-order chi connectivity index (χ0) is 16.1. The highest BCUT2D eigenvalue weighted by molar-refractivity contribution is 5.60. The van der Waals surface area contributed by atoms with Gasteiger partial charge < -0.3 is 10.6 Å². The van der Waals surface area contributed by atoms with E-state index in [2.05, 4.69) is 15.6 Å². The van der Waals surface area contributed by atoms with Crippen molar-refractivity contribution < 1.29 is 8.78 Å². The first-order chi connectivity index (χ1) is 11.2. The molecule has 0 atom stereocenters. The van der Waals surface area contributed by atoms with Gasteiger partial charge in [0.2, 0.25) is 0 Å². The van der Waals surface area contributed by atoms with E-state index in [0.717, 1.165) is 11.4 Å². The molecule has 0 aliphatic carbocycles. The third-order valence-corrected chi connectivity index (χ3v) is 3.34. The molecule has 0 unspecified atom stereocenters. The Labute approximate surface area is 133 Å². The minimum absolute atomic E-state index is 0.0156. The fourth-order valence-corrected chi connectivity index (χ4v) is 2.17. The van der Waals surface area contributed by atoms with E-state index in [1.807, 2.05) is 30.3 Å². The van der Waals surface area contributed by atoms with Crippen LogP contribution in [0.4, 0.5) is 26.0 Å². The van der Waals surface area contributed by atoms with E-state index in [4.69, 9.17) is 0 Å². The average Bonchev–Trinajstić information content (AvgIpc) is 2.56. The third-order valence-electron chi connectivity index (χ3n) is 3.34. The molecule has 23 heavy (non-hydrogen) atoms. The van der Waals surface area contributed by atoms with Crippen LogP contribution in [0.2, 0.25) is 0 Å². The molecule has 5 heteroatoms. The van der Waals surface area contributed by atoms with Crippen molar-refractivity contribution in [2.24, 2.45) is 0 Å². The SMILES string of the molecule is Fc1cccc(F)c1CNc1ccnc(Nc2ccccc2)c1. The van der Waals surface area contributed by atoms with Crippen molar-refractivity contribution in [3.05, 3.63) is 84.1 Å². The largest absolute Gasteiger partial charge is 0.381 e. The molecule has 0 radical (unpaired) electrons. The predicted octanol–water partition coefficient (Wildman–Crippen LogP) is 4.72. The van der Waals surface area contributed by atoms with Crippen LogP contribution in [0.1, 0.15) is 5.56 Å². The zero-order valence-electron chi connectivity index (χ0n) is 12.3. The molecular weight excluding hydrogens is 296 g/mol. The second-order valence-corrected chi connectivity index (χ2v) is 4.97. The van der Waals surface area contributed by atoms with Crippen LogP contribution in [0.25, 0.3) is 0 Å². The fraction of sp³-hybridized carbons (Fsp3) is 0.0556. The van der Waals surface area contributed by atoms with Gasteiger partial charge in [-0.25, -0.2) is 13.8 Å². The number of para-hydroxylation sites is 1. The number of halogens is 2. The third kappa shape index (κ3) is 3.83. The second kappa shape index (κ2) is 6.87. The molecule has 0 saturated heterocycles. The van der Waals surface area contributed by atoms with Crippen LogP contribution in [-0.2, 0) is 6.54 Å². The average molecular weight is 311 g/mol. The molecule has 3 rings (SSSR count). The Morgan fingerprint density at radius 1 is 0.826 bits per heavy atom. The quantitative estimate of drug-likeness (QED) is 0.716. The summed E-state index contributed by atoms with van der Waals surface area (Å²) in [4.78, 5) is 4.23. The van der Waals surface area contributed by atoms with Gasteiger partial charge in [0.15, 0.2) is 0 Å². The Morgan fingerprint density at radius 3 is 2.30 bits per heavy atom. The highest BCUT2D eigenvalue weighted by Gasteiger charge is 2.08. The lowest BCUT2D eigenvalue weighted by Gasteiger charge is -2.10. The summed E-state index contributed by atoms with van der Waals surface area (Å²) in [6.45, 7) is 0.0628. The molecular formula is C18H15F2N3. The first-order valence-electron chi connectivity index (χ1n) is 7.17. The summed E-state index contributed by atoms with van der Waals surface area (Å²) in [6, 6.07) is 17.0. The van der Waals surface area contributed by atoms with Crippen LogP contribution in [0.15, 0.2) is 66.9 Å². The van der Waals surface area contributed by atoms with E-state index in [0.29, 0.717) is 5.82 Å². The number of aromatic nitrogens is 1. The van der Waals surface area contributed by atoms with Crippen LogP contribution < -0.4 is 10.6 Å². The molecule has 2 N–H and O–H groups in total. The molecule has 0 amide bonds. The van der Waals surface area contributed by atoms with E-state index in [1.165, 1.54) is 18.2 Å². The predicted molar refractivity (Wildman–Crippen MR) is 87.6 cm³/mol. The topological polar surface area (TPSA) is 37.0 Å². The molecule has 0 aliphatic heterocycles. The number of nitrogens with zero attached hydrogens (tertiary/aromatic N) is 1. The van der Waals surface area contributed by atoms with E-state index in [9.17, 15) is 8.78 Å². The molecule has 1 heterocycles. The maximum Gasteiger partial charge on any atom is 0.132 e. The normalized spacial score (nSPS) is 10.3.